The molecule has 0 unspecified atom stereocenters. The van der Waals surface area contributed by atoms with Gasteiger partial charge in [-0.05, 0) is 29.3 Å². The van der Waals surface area contributed by atoms with Crippen LogP contribution in [0.1, 0.15) is 73.1 Å². The Kier molecular flexibility index (Phi) is 9.18. The largest absolute Gasteiger partial charge is 0.543 e. The average molecular weight is 366 g/mol. The molecule has 0 saturated heterocycles. The van der Waals surface area contributed by atoms with Gasteiger partial charge in [0.1, 0.15) is 5.75 Å². The molecule has 4 nitrogen and oxygen atoms in total. The molecule has 0 aliphatic rings. The Morgan fingerprint density at radius 2 is 1.48 bits per heavy atom. The number of nitro benzene ring substituents is 1. The Labute approximate surface area is 154 Å². The van der Waals surface area contributed by atoms with E-state index < -0.39 is 8.32 Å². The van der Waals surface area contributed by atoms with E-state index in [0.717, 1.165) is 11.8 Å². The number of hydrogen-bond donors (Lipinski definition) is 0. The first kappa shape index (κ1) is 21.7. The van der Waals surface area contributed by atoms with Crippen LogP contribution in [-0.4, -0.2) is 13.2 Å². The fourth-order valence-electron chi connectivity index (χ4n) is 3.57. The number of unbranched alkanes of at least 4 members (excludes halogenated alkanes) is 5. The monoisotopic (exact) mass is 365 g/mol. The van der Waals surface area contributed by atoms with Crippen LogP contribution in [0, 0.1) is 10.1 Å². The number of rotatable bonds is 12. The molecule has 5 heteroatoms. The second kappa shape index (κ2) is 10.6. The van der Waals surface area contributed by atoms with E-state index in [9.17, 15) is 10.1 Å². The number of nitro groups is 1. The maximum absolute atomic E-state index is 10.8. The number of nitrogens with zero attached hydrogens (tertiary/aromatic N) is 1. The van der Waals surface area contributed by atoms with Crippen LogP contribution in [0.3, 0.4) is 0 Å². The third kappa shape index (κ3) is 6.46. The lowest BCUT2D eigenvalue weighted by Crippen LogP contribution is -2.47. The molecule has 0 N–H and O–H groups in total. The molecule has 142 valence electrons. The average Bonchev–Trinajstić information content (AvgIpc) is 2.56. The molecule has 0 aliphatic heterocycles. The molecule has 0 heterocycles. The number of non-ortho nitro benzene ring substituents is 1. The van der Waals surface area contributed by atoms with Crippen LogP contribution in [0.15, 0.2) is 24.3 Å². The van der Waals surface area contributed by atoms with Gasteiger partial charge in [0.05, 0.1) is 4.92 Å². The summed E-state index contributed by atoms with van der Waals surface area (Å²) in [6.07, 6.45) is 7.75. The zero-order valence-corrected chi connectivity index (χ0v) is 17.6. The van der Waals surface area contributed by atoms with Gasteiger partial charge in [0.2, 0.25) is 0 Å². The maximum Gasteiger partial charge on any atom is 0.269 e. The van der Waals surface area contributed by atoms with Crippen molar-refractivity contribution in [2.45, 2.75) is 90.3 Å². The standard InChI is InChI=1S/C20H35NO3Si/c1-6-7-8-9-10-11-16-25(17(2)3,18(4)5)24-20-14-12-19(13-15-20)21(22)23/h12-15,17-18H,6-11,16H2,1-5H3. The van der Waals surface area contributed by atoms with Crippen LogP contribution in [0.2, 0.25) is 17.1 Å². The van der Waals surface area contributed by atoms with Crippen molar-refractivity contribution in [1.29, 1.82) is 0 Å². The molecular weight excluding hydrogens is 330 g/mol. The zero-order valence-electron chi connectivity index (χ0n) is 16.6. The molecule has 0 aliphatic carbocycles. The van der Waals surface area contributed by atoms with Crippen molar-refractivity contribution in [3.05, 3.63) is 34.4 Å². The van der Waals surface area contributed by atoms with Crippen molar-refractivity contribution in [3.8, 4) is 5.75 Å². The summed E-state index contributed by atoms with van der Waals surface area (Å²) >= 11 is 0. The van der Waals surface area contributed by atoms with Crippen molar-refractivity contribution in [2.24, 2.45) is 0 Å². The third-order valence-corrected chi connectivity index (χ3v) is 10.9. The molecule has 0 atom stereocenters. The Hall–Kier alpha value is -1.36. The van der Waals surface area contributed by atoms with E-state index in [0.29, 0.717) is 11.1 Å². The minimum atomic E-state index is -1.97. The summed E-state index contributed by atoms with van der Waals surface area (Å²) < 4.78 is 6.60. The van der Waals surface area contributed by atoms with Crippen molar-refractivity contribution in [3.63, 3.8) is 0 Å². The third-order valence-electron chi connectivity index (χ3n) is 5.23. The van der Waals surface area contributed by atoms with E-state index in [1.165, 1.54) is 38.5 Å². The first-order chi connectivity index (χ1) is 11.8. The lowest BCUT2D eigenvalue weighted by molar-refractivity contribution is -0.384. The van der Waals surface area contributed by atoms with E-state index in [4.69, 9.17) is 4.43 Å². The van der Waals surface area contributed by atoms with Crippen molar-refractivity contribution in [2.75, 3.05) is 0 Å². The lowest BCUT2D eigenvalue weighted by atomic mass is 10.1. The van der Waals surface area contributed by atoms with Gasteiger partial charge in [-0.2, -0.15) is 0 Å². The smallest absolute Gasteiger partial charge is 0.269 e. The predicted molar refractivity (Wildman–Crippen MR) is 108 cm³/mol. The van der Waals surface area contributed by atoms with E-state index in [1.807, 2.05) is 0 Å². The van der Waals surface area contributed by atoms with Gasteiger partial charge in [0, 0.05) is 12.1 Å². The van der Waals surface area contributed by atoms with Crippen LogP contribution in [0.4, 0.5) is 5.69 Å². The van der Waals surface area contributed by atoms with Gasteiger partial charge in [0.15, 0.2) is 0 Å². The minimum absolute atomic E-state index is 0.115. The SMILES string of the molecule is CCCCCCCC[Si](Oc1ccc([N+](=O)[O-])cc1)(C(C)C)C(C)C. The second-order valence-electron chi connectivity index (χ2n) is 7.64. The second-order valence-corrected chi connectivity index (χ2v) is 12.6. The fraction of sp³-hybridized carbons (Fsp3) is 0.700. The van der Waals surface area contributed by atoms with E-state index >= 15 is 0 Å². The highest BCUT2D eigenvalue weighted by Crippen LogP contribution is 2.39. The first-order valence-corrected chi connectivity index (χ1v) is 12.0. The molecule has 0 bridgehead atoms. The van der Waals surface area contributed by atoms with Crippen molar-refractivity contribution in [1.82, 2.24) is 0 Å². The van der Waals surface area contributed by atoms with Gasteiger partial charge in [-0.15, -0.1) is 0 Å². The molecule has 0 aromatic heterocycles. The van der Waals surface area contributed by atoms with Crippen LogP contribution in [0.25, 0.3) is 0 Å². The molecule has 0 saturated carbocycles. The van der Waals surface area contributed by atoms with Crippen LogP contribution in [0.5, 0.6) is 5.75 Å². The quantitative estimate of drug-likeness (QED) is 0.172. The van der Waals surface area contributed by atoms with Crippen LogP contribution < -0.4 is 4.43 Å². The summed E-state index contributed by atoms with van der Waals surface area (Å²) in [5, 5.41) is 10.8. The fourth-order valence-corrected chi connectivity index (χ4v) is 8.01. The summed E-state index contributed by atoms with van der Waals surface area (Å²) in [6.45, 7) is 11.3. The molecule has 0 spiro atoms. The van der Waals surface area contributed by atoms with Gasteiger partial charge < -0.3 is 4.43 Å². The van der Waals surface area contributed by atoms with Crippen LogP contribution >= 0.6 is 0 Å². The maximum atomic E-state index is 10.8. The van der Waals surface area contributed by atoms with E-state index in [1.54, 1.807) is 24.3 Å². The van der Waals surface area contributed by atoms with E-state index in [2.05, 4.69) is 34.6 Å². The minimum Gasteiger partial charge on any atom is -0.543 e. The molecule has 0 radical (unpaired) electrons. The first-order valence-electron chi connectivity index (χ1n) is 9.77. The molecule has 25 heavy (non-hydrogen) atoms. The Morgan fingerprint density at radius 3 is 1.96 bits per heavy atom. The van der Waals surface area contributed by atoms with Gasteiger partial charge in [-0.1, -0.05) is 73.1 Å². The normalized spacial score (nSPS) is 12.0. The lowest BCUT2D eigenvalue weighted by Gasteiger charge is -2.39. The molecule has 1 aromatic rings. The highest BCUT2D eigenvalue weighted by atomic mass is 28.4. The van der Waals surface area contributed by atoms with Gasteiger partial charge >= 0.3 is 0 Å². The summed E-state index contributed by atoms with van der Waals surface area (Å²) in [7, 11) is -1.97. The Balaban J connectivity index is 2.79. The van der Waals surface area contributed by atoms with Crippen molar-refractivity contribution < 1.29 is 9.35 Å². The number of hydrogen-bond acceptors (Lipinski definition) is 3. The van der Waals surface area contributed by atoms with Gasteiger partial charge in [0.25, 0.3) is 14.0 Å². The molecule has 1 rings (SSSR count). The Bertz CT molecular complexity index is 506. The van der Waals surface area contributed by atoms with Gasteiger partial charge in [-0.3, -0.25) is 10.1 Å². The summed E-state index contributed by atoms with van der Waals surface area (Å²) in [6, 6.07) is 7.75. The Morgan fingerprint density at radius 1 is 0.960 bits per heavy atom. The molecule has 1 aromatic carbocycles. The summed E-state index contributed by atoms with van der Waals surface area (Å²) in [4.78, 5) is 10.5. The molecular formula is C20H35NO3Si. The highest BCUT2D eigenvalue weighted by Gasteiger charge is 2.43. The van der Waals surface area contributed by atoms with Crippen molar-refractivity contribution >= 4 is 14.0 Å². The van der Waals surface area contributed by atoms with Gasteiger partial charge in [-0.25, -0.2) is 0 Å². The highest BCUT2D eigenvalue weighted by molar-refractivity contribution is 6.77. The summed E-state index contributed by atoms with van der Waals surface area (Å²) in [5.41, 5.74) is 1.14. The zero-order chi connectivity index (χ0) is 18.9. The topological polar surface area (TPSA) is 52.4 Å². The number of benzene rings is 1. The van der Waals surface area contributed by atoms with Crippen LogP contribution in [-0.2, 0) is 0 Å². The molecule has 0 amide bonds. The summed E-state index contributed by atoms with van der Waals surface area (Å²) in [5.74, 6) is 0.783. The molecule has 0 fully saturated rings. The predicted octanol–water partition coefficient (Wildman–Crippen LogP) is 7.10. The van der Waals surface area contributed by atoms with E-state index in [-0.39, 0.29) is 10.6 Å².